The average Bonchev–Trinajstić information content (AvgIpc) is 2.44. The van der Waals surface area contributed by atoms with Gasteiger partial charge in [0.2, 0.25) is 0 Å². The fourth-order valence-electron chi connectivity index (χ4n) is 1.75. The van der Waals surface area contributed by atoms with Crippen molar-refractivity contribution < 1.29 is 14.9 Å². The van der Waals surface area contributed by atoms with Crippen molar-refractivity contribution in [2.24, 2.45) is 0 Å². The molecular formula is C14H18N2O3. The number of nitrogens with zero attached hydrogens (tertiary/aromatic N) is 1. The van der Waals surface area contributed by atoms with Gasteiger partial charge in [0.25, 0.3) is 0 Å². The molecule has 1 heterocycles. The quantitative estimate of drug-likeness (QED) is 0.759. The van der Waals surface area contributed by atoms with Crippen LogP contribution in [0.3, 0.4) is 0 Å². The van der Waals surface area contributed by atoms with Crippen molar-refractivity contribution in [2.75, 3.05) is 25.6 Å². The molecule has 1 aromatic carbocycles. The maximum atomic E-state index is 9.79. The van der Waals surface area contributed by atoms with Gasteiger partial charge in [-0.05, 0) is 30.5 Å². The van der Waals surface area contributed by atoms with Crippen molar-refractivity contribution in [3.8, 4) is 5.75 Å². The lowest BCUT2D eigenvalue weighted by Crippen LogP contribution is -2.37. The number of hydrogen-bond donors (Lipinski definition) is 3. The monoisotopic (exact) mass is 262 g/mol. The average molecular weight is 262 g/mol. The molecule has 5 nitrogen and oxygen atoms in total. The molecule has 0 radical (unpaired) electrons. The number of rotatable bonds is 5. The number of aromatic nitrogens is 1. The number of ether oxygens (including phenoxy) is 1. The normalized spacial score (nSPS) is 14.1. The van der Waals surface area contributed by atoms with Gasteiger partial charge in [-0.2, -0.15) is 0 Å². The number of pyridine rings is 1. The second-order valence-electron chi connectivity index (χ2n) is 4.76. The number of nitrogens with one attached hydrogen (secondary N) is 1. The highest BCUT2D eigenvalue weighted by Gasteiger charge is 2.19. The van der Waals surface area contributed by atoms with Gasteiger partial charge >= 0.3 is 0 Å². The molecule has 0 bridgehead atoms. The lowest BCUT2D eigenvalue weighted by molar-refractivity contribution is 0.0132. The number of aliphatic hydroxyl groups excluding tert-OH is 1. The standard InChI is InChI=1S/C14H18N2O3/c1-14(18,9-17)8-16-13-12-7-11(19-2)4-3-10(12)5-6-15-13/h3-7,17-18H,8-9H2,1-2H3,(H,15,16). The van der Waals surface area contributed by atoms with Crippen LogP contribution in [-0.2, 0) is 0 Å². The summed E-state index contributed by atoms with van der Waals surface area (Å²) in [5, 5.41) is 23.8. The van der Waals surface area contributed by atoms with Gasteiger partial charge in [0, 0.05) is 18.1 Å². The highest BCUT2D eigenvalue weighted by molar-refractivity contribution is 5.92. The predicted molar refractivity (Wildman–Crippen MR) is 74.5 cm³/mol. The minimum atomic E-state index is -1.18. The van der Waals surface area contributed by atoms with Crippen LogP contribution in [0.5, 0.6) is 5.75 Å². The molecule has 1 aromatic heterocycles. The minimum absolute atomic E-state index is 0.215. The maximum Gasteiger partial charge on any atom is 0.134 e. The molecule has 0 fully saturated rings. The largest absolute Gasteiger partial charge is 0.497 e. The van der Waals surface area contributed by atoms with E-state index >= 15 is 0 Å². The van der Waals surface area contributed by atoms with E-state index in [4.69, 9.17) is 9.84 Å². The van der Waals surface area contributed by atoms with Crippen molar-refractivity contribution in [3.05, 3.63) is 30.5 Å². The Hall–Kier alpha value is -1.85. The van der Waals surface area contributed by atoms with Crippen LogP contribution in [0.4, 0.5) is 5.82 Å². The van der Waals surface area contributed by atoms with E-state index in [0.717, 1.165) is 16.5 Å². The van der Waals surface area contributed by atoms with Crippen molar-refractivity contribution in [1.82, 2.24) is 4.98 Å². The minimum Gasteiger partial charge on any atom is -0.497 e. The summed E-state index contributed by atoms with van der Waals surface area (Å²) in [5.41, 5.74) is -1.18. The van der Waals surface area contributed by atoms with Crippen LogP contribution in [0.1, 0.15) is 6.92 Å². The fourth-order valence-corrected chi connectivity index (χ4v) is 1.75. The molecule has 19 heavy (non-hydrogen) atoms. The zero-order valence-electron chi connectivity index (χ0n) is 11.1. The molecule has 0 aliphatic carbocycles. The lowest BCUT2D eigenvalue weighted by Gasteiger charge is -2.21. The first-order valence-electron chi connectivity index (χ1n) is 6.05. The third-order valence-corrected chi connectivity index (χ3v) is 2.95. The zero-order chi connectivity index (χ0) is 13.9. The second-order valence-corrected chi connectivity index (χ2v) is 4.76. The molecule has 0 aliphatic heterocycles. The van der Waals surface area contributed by atoms with Crippen LogP contribution in [-0.4, -0.2) is 41.1 Å². The van der Waals surface area contributed by atoms with Gasteiger partial charge in [0.05, 0.1) is 13.7 Å². The number of methoxy groups -OCH3 is 1. The molecule has 5 heteroatoms. The van der Waals surface area contributed by atoms with Crippen LogP contribution >= 0.6 is 0 Å². The Balaban J connectivity index is 2.32. The Bertz CT molecular complexity index is 570. The Morgan fingerprint density at radius 1 is 1.37 bits per heavy atom. The predicted octanol–water partition coefficient (Wildman–Crippen LogP) is 1.40. The van der Waals surface area contributed by atoms with E-state index in [9.17, 15) is 5.11 Å². The first-order valence-corrected chi connectivity index (χ1v) is 6.05. The Kier molecular flexibility index (Phi) is 3.87. The highest BCUT2D eigenvalue weighted by Crippen LogP contribution is 2.25. The van der Waals surface area contributed by atoms with Crippen molar-refractivity contribution in [1.29, 1.82) is 0 Å². The first kappa shape index (κ1) is 13.6. The van der Waals surface area contributed by atoms with E-state index < -0.39 is 5.60 Å². The molecular weight excluding hydrogens is 244 g/mol. The summed E-state index contributed by atoms with van der Waals surface area (Å²) in [4.78, 5) is 4.26. The topological polar surface area (TPSA) is 74.6 Å². The Morgan fingerprint density at radius 2 is 2.16 bits per heavy atom. The van der Waals surface area contributed by atoms with Crippen LogP contribution in [0.25, 0.3) is 10.8 Å². The molecule has 0 aliphatic rings. The van der Waals surface area contributed by atoms with Gasteiger partial charge in [-0.25, -0.2) is 4.98 Å². The number of fused-ring (bicyclic) bond motifs is 1. The molecule has 0 saturated heterocycles. The van der Waals surface area contributed by atoms with Gasteiger partial charge in [-0.3, -0.25) is 0 Å². The molecule has 1 unspecified atom stereocenters. The molecule has 0 amide bonds. The second kappa shape index (κ2) is 5.42. The summed E-state index contributed by atoms with van der Waals surface area (Å²) in [6, 6.07) is 7.63. The van der Waals surface area contributed by atoms with E-state index in [1.165, 1.54) is 0 Å². The first-order chi connectivity index (χ1) is 9.05. The molecule has 0 spiro atoms. The molecule has 2 rings (SSSR count). The smallest absolute Gasteiger partial charge is 0.134 e. The number of benzene rings is 1. The van der Waals surface area contributed by atoms with Crippen LogP contribution in [0, 0.1) is 0 Å². The molecule has 0 saturated carbocycles. The van der Waals surface area contributed by atoms with Crippen LogP contribution < -0.4 is 10.1 Å². The van der Waals surface area contributed by atoms with Crippen LogP contribution in [0.2, 0.25) is 0 Å². The summed E-state index contributed by atoms with van der Waals surface area (Å²) in [5.74, 6) is 1.41. The van der Waals surface area contributed by atoms with Gasteiger partial charge in [0.15, 0.2) is 0 Å². The van der Waals surface area contributed by atoms with E-state index in [-0.39, 0.29) is 13.2 Å². The SMILES string of the molecule is COc1ccc2ccnc(NCC(C)(O)CO)c2c1. The van der Waals surface area contributed by atoms with Gasteiger partial charge in [-0.1, -0.05) is 6.07 Å². The molecule has 3 N–H and O–H groups in total. The fraction of sp³-hybridized carbons (Fsp3) is 0.357. The Labute approximate surface area is 111 Å². The van der Waals surface area contributed by atoms with Gasteiger partial charge in [-0.15, -0.1) is 0 Å². The van der Waals surface area contributed by atoms with Crippen molar-refractivity contribution in [2.45, 2.75) is 12.5 Å². The summed E-state index contributed by atoms with van der Waals surface area (Å²) in [6.45, 7) is 1.46. The van der Waals surface area contributed by atoms with E-state index in [1.807, 2.05) is 24.3 Å². The zero-order valence-corrected chi connectivity index (χ0v) is 11.1. The maximum absolute atomic E-state index is 9.79. The summed E-state index contributed by atoms with van der Waals surface area (Å²) >= 11 is 0. The third kappa shape index (κ3) is 3.13. The third-order valence-electron chi connectivity index (χ3n) is 2.95. The van der Waals surface area contributed by atoms with Crippen molar-refractivity contribution in [3.63, 3.8) is 0 Å². The summed E-state index contributed by atoms with van der Waals surface area (Å²) < 4.78 is 5.20. The number of anilines is 1. The Morgan fingerprint density at radius 3 is 2.84 bits per heavy atom. The molecule has 2 aromatic rings. The van der Waals surface area contributed by atoms with E-state index in [1.54, 1.807) is 20.2 Å². The lowest BCUT2D eigenvalue weighted by atomic mass is 10.1. The van der Waals surface area contributed by atoms with E-state index in [0.29, 0.717) is 5.82 Å². The summed E-state index contributed by atoms with van der Waals surface area (Å²) in [6.07, 6.45) is 1.70. The van der Waals surface area contributed by atoms with Crippen LogP contribution in [0.15, 0.2) is 30.5 Å². The van der Waals surface area contributed by atoms with Crippen molar-refractivity contribution >= 4 is 16.6 Å². The number of hydrogen-bond acceptors (Lipinski definition) is 5. The highest BCUT2D eigenvalue weighted by atomic mass is 16.5. The van der Waals surface area contributed by atoms with E-state index in [2.05, 4.69) is 10.3 Å². The van der Waals surface area contributed by atoms with Gasteiger partial charge in [0.1, 0.15) is 17.2 Å². The van der Waals surface area contributed by atoms with Gasteiger partial charge < -0.3 is 20.3 Å². The summed E-state index contributed by atoms with van der Waals surface area (Å²) in [7, 11) is 1.61. The molecule has 1 atom stereocenters. The molecule has 102 valence electrons. The number of aliphatic hydroxyl groups is 2.